The summed E-state index contributed by atoms with van der Waals surface area (Å²) in [6.45, 7) is 2.27. The van der Waals surface area contributed by atoms with Crippen molar-refractivity contribution >= 4 is 39.8 Å². The Morgan fingerprint density at radius 3 is 2.32 bits per heavy atom. The van der Waals surface area contributed by atoms with Crippen molar-refractivity contribution in [2.75, 3.05) is 6.54 Å². The SMILES string of the molecule is C[C@H](Cc1ccc(S(=O)(=O)c2cccc(O)c2C(=O)O)cc1)NC[C@@H](O)c1cccc(Cl)c1.Cl. The minimum atomic E-state index is -4.14. The third-order valence-electron chi connectivity index (χ3n) is 5.18. The predicted molar refractivity (Wildman–Crippen MR) is 132 cm³/mol. The lowest BCUT2D eigenvalue weighted by Gasteiger charge is -2.18. The lowest BCUT2D eigenvalue weighted by molar-refractivity contribution is 0.0689. The van der Waals surface area contributed by atoms with Crippen LogP contribution in [0, 0.1) is 0 Å². The number of aromatic carboxylic acids is 1. The standard InChI is InChI=1S/C24H24ClNO6S.ClH/c1-15(26-14-21(28)17-4-2-5-18(25)13-17)12-16-8-10-19(11-9-16)33(31,32)22-7-3-6-20(27)23(22)24(29)30;/h2-11,13,15,21,26-28H,12,14H2,1H3,(H,29,30);1H/t15-,21-;/m1./s1. The van der Waals surface area contributed by atoms with Crippen LogP contribution in [0.15, 0.2) is 76.5 Å². The van der Waals surface area contributed by atoms with E-state index in [4.69, 9.17) is 11.6 Å². The van der Waals surface area contributed by atoms with Crippen LogP contribution in [-0.4, -0.2) is 42.3 Å². The van der Waals surface area contributed by atoms with E-state index in [0.29, 0.717) is 23.6 Å². The molecule has 34 heavy (non-hydrogen) atoms. The number of carbonyl (C=O) groups is 1. The van der Waals surface area contributed by atoms with Crippen molar-refractivity contribution in [2.24, 2.45) is 0 Å². The molecule has 2 atom stereocenters. The lowest BCUT2D eigenvalue weighted by atomic mass is 10.1. The number of aliphatic hydroxyl groups excluding tert-OH is 1. The van der Waals surface area contributed by atoms with Gasteiger partial charge in [0.2, 0.25) is 9.84 Å². The fourth-order valence-electron chi connectivity index (χ4n) is 3.46. The number of nitrogens with one attached hydrogen (secondary N) is 1. The van der Waals surface area contributed by atoms with Gasteiger partial charge in [0, 0.05) is 17.6 Å². The Kier molecular flexibility index (Phi) is 9.49. The van der Waals surface area contributed by atoms with Crippen molar-refractivity contribution in [1.29, 1.82) is 0 Å². The van der Waals surface area contributed by atoms with Crippen molar-refractivity contribution in [1.82, 2.24) is 5.32 Å². The predicted octanol–water partition coefficient (Wildman–Crippen LogP) is 4.25. The van der Waals surface area contributed by atoms with Crippen LogP contribution in [-0.2, 0) is 16.3 Å². The van der Waals surface area contributed by atoms with Gasteiger partial charge in [-0.25, -0.2) is 13.2 Å². The van der Waals surface area contributed by atoms with Crippen LogP contribution in [0.4, 0.5) is 0 Å². The molecule has 0 unspecified atom stereocenters. The lowest BCUT2D eigenvalue weighted by Crippen LogP contribution is -2.32. The number of benzene rings is 3. The van der Waals surface area contributed by atoms with Gasteiger partial charge >= 0.3 is 5.97 Å². The number of rotatable bonds is 9. The molecule has 0 aliphatic carbocycles. The zero-order valence-electron chi connectivity index (χ0n) is 18.2. The summed E-state index contributed by atoms with van der Waals surface area (Å²) in [6, 6.07) is 16.7. The van der Waals surface area contributed by atoms with Gasteiger partial charge in [-0.15, -0.1) is 12.4 Å². The van der Waals surface area contributed by atoms with Gasteiger partial charge in [0.25, 0.3) is 0 Å². The second-order valence-corrected chi connectivity index (χ2v) is 10.0. The molecule has 0 aliphatic rings. The normalized spacial score (nSPS) is 13.0. The van der Waals surface area contributed by atoms with E-state index < -0.39 is 38.1 Å². The minimum Gasteiger partial charge on any atom is -0.507 e. The molecule has 3 rings (SSSR count). The highest BCUT2D eigenvalue weighted by Gasteiger charge is 2.27. The molecule has 0 heterocycles. The largest absolute Gasteiger partial charge is 0.507 e. The van der Waals surface area contributed by atoms with Gasteiger partial charge in [-0.1, -0.05) is 41.9 Å². The van der Waals surface area contributed by atoms with Crippen LogP contribution in [0.3, 0.4) is 0 Å². The highest BCUT2D eigenvalue weighted by atomic mass is 35.5. The third-order valence-corrected chi connectivity index (χ3v) is 7.22. The molecule has 3 aromatic rings. The van der Waals surface area contributed by atoms with Crippen molar-refractivity contribution in [3.8, 4) is 5.75 Å². The maximum absolute atomic E-state index is 13.0. The van der Waals surface area contributed by atoms with E-state index in [1.807, 2.05) is 6.92 Å². The Hall–Kier alpha value is -2.62. The summed E-state index contributed by atoms with van der Waals surface area (Å²) in [4.78, 5) is 10.9. The zero-order chi connectivity index (χ0) is 24.2. The quantitative estimate of drug-likeness (QED) is 0.329. The van der Waals surface area contributed by atoms with Crippen LogP contribution in [0.1, 0.15) is 34.5 Å². The molecule has 0 aromatic heterocycles. The number of phenols is 1. The van der Waals surface area contributed by atoms with Gasteiger partial charge in [0.1, 0.15) is 11.3 Å². The summed E-state index contributed by atoms with van der Waals surface area (Å²) >= 11 is 5.96. The van der Waals surface area contributed by atoms with Crippen molar-refractivity contribution in [3.05, 3.63) is 88.4 Å². The summed E-state index contributed by atoms with van der Waals surface area (Å²) < 4.78 is 25.9. The monoisotopic (exact) mass is 525 g/mol. The number of hydrogen-bond donors (Lipinski definition) is 4. The van der Waals surface area contributed by atoms with Gasteiger partial charge in [0.05, 0.1) is 15.9 Å². The smallest absolute Gasteiger partial charge is 0.340 e. The second kappa shape index (κ2) is 11.7. The van der Waals surface area contributed by atoms with E-state index in [2.05, 4.69) is 5.32 Å². The van der Waals surface area contributed by atoms with Crippen LogP contribution in [0.25, 0.3) is 0 Å². The first-order chi connectivity index (χ1) is 15.6. The van der Waals surface area contributed by atoms with Gasteiger partial charge in [0.15, 0.2) is 0 Å². The maximum atomic E-state index is 13.0. The van der Waals surface area contributed by atoms with Crippen molar-refractivity contribution < 1.29 is 28.5 Å². The highest BCUT2D eigenvalue weighted by molar-refractivity contribution is 7.91. The molecule has 0 spiro atoms. The van der Waals surface area contributed by atoms with E-state index in [1.165, 1.54) is 18.2 Å². The van der Waals surface area contributed by atoms with Crippen molar-refractivity contribution in [2.45, 2.75) is 35.3 Å². The Morgan fingerprint density at radius 1 is 1.06 bits per heavy atom. The molecule has 0 aliphatic heterocycles. The minimum absolute atomic E-state index is 0. The fraction of sp³-hybridized carbons (Fsp3) is 0.208. The van der Waals surface area contributed by atoms with Gasteiger partial charge in [-0.2, -0.15) is 0 Å². The molecule has 3 aromatic carbocycles. The van der Waals surface area contributed by atoms with Crippen molar-refractivity contribution in [3.63, 3.8) is 0 Å². The number of carboxylic acids is 1. The number of carboxylic acid groups (broad SMARTS) is 1. The molecular weight excluding hydrogens is 501 g/mol. The Labute approximate surface area is 209 Å². The van der Waals surface area contributed by atoms with E-state index in [0.717, 1.165) is 17.7 Å². The Morgan fingerprint density at radius 2 is 1.71 bits per heavy atom. The summed E-state index contributed by atoms with van der Waals surface area (Å²) in [5, 5.41) is 33.3. The molecular formula is C24H25Cl2NO6S. The van der Waals surface area contributed by atoms with Gasteiger partial charge in [-0.05, 0) is 60.9 Å². The number of halogens is 2. The molecule has 4 N–H and O–H groups in total. The molecule has 182 valence electrons. The molecule has 10 heteroatoms. The molecule has 0 saturated carbocycles. The first kappa shape index (κ1) is 27.6. The molecule has 7 nitrogen and oxygen atoms in total. The number of sulfone groups is 1. The average molecular weight is 526 g/mol. The van der Waals surface area contributed by atoms with Gasteiger partial charge in [-0.3, -0.25) is 0 Å². The molecule has 0 fully saturated rings. The van der Waals surface area contributed by atoms with E-state index >= 15 is 0 Å². The van der Waals surface area contributed by atoms with E-state index in [-0.39, 0.29) is 23.3 Å². The van der Waals surface area contributed by atoms with E-state index in [1.54, 1.807) is 36.4 Å². The molecule has 0 saturated heterocycles. The van der Waals surface area contributed by atoms with Crippen LogP contribution < -0.4 is 5.32 Å². The zero-order valence-corrected chi connectivity index (χ0v) is 20.6. The topological polar surface area (TPSA) is 124 Å². The number of aromatic hydroxyl groups is 1. The number of hydrogen-bond acceptors (Lipinski definition) is 6. The second-order valence-electron chi connectivity index (χ2n) is 7.69. The summed E-state index contributed by atoms with van der Waals surface area (Å²) in [5.41, 5.74) is 0.919. The Bertz CT molecular complexity index is 1250. The summed E-state index contributed by atoms with van der Waals surface area (Å²) in [6.07, 6.45) is -0.140. The van der Waals surface area contributed by atoms with Crippen LogP contribution in [0.5, 0.6) is 5.75 Å². The van der Waals surface area contributed by atoms with Crippen LogP contribution >= 0.6 is 24.0 Å². The molecule has 0 radical (unpaired) electrons. The third kappa shape index (κ3) is 6.49. The molecule has 0 bridgehead atoms. The first-order valence-electron chi connectivity index (χ1n) is 10.2. The summed E-state index contributed by atoms with van der Waals surface area (Å²) in [7, 11) is -4.14. The van der Waals surface area contributed by atoms with E-state index in [9.17, 15) is 28.5 Å². The maximum Gasteiger partial charge on any atom is 0.340 e. The van der Waals surface area contributed by atoms with Crippen LogP contribution in [0.2, 0.25) is 5.02 Å². The molecule has 0 amide bonds. The Balaban J connectivity index is 0.00000408. The summed E-state index contributed by atoms with van der Waals surface area (Å²) in [5.74, 6) is -2.14. The first-order valence-corrected chi connectivity index (χ1v) is 12.0. The fourth-order valence-corrected chi connectivity index (χ4v) is 5.13. The highest BCUT2D eigenvalue weighted by Crippen LogP contribution is 2.30. The average Bonchev–Trinajstić information content (AvgIpc) is 2.77. The van der Waals surface area contributed by atoms with Gasteiger partial charge < -0.3 is 20.6 Å². The number of aliphatic hydroxyl groups is 1.